The van der Waals surface area contributed by atoms with Crippen LogP contribution in [0.5, 0.6) is 0 Å². The number of carbonyl (C=O) groups is 1. The molecule has 0 aliphatic rings. The van der Waals surface area contributed by atoms with Crippen molar-refractivity contribution in [1.82, 2.24) is 20.0 Å². The van der Waals surface area contributed by atoms with E-state index >= 15 is 0 Å². The van der Waals surface area contributed by atoms with E-state index in [9.17, 15) is 9.59 Å². The van der Waals surface area contributed by atoms with Gasteiger partial charge in [0.2, 0.25) is 0 Å². The number of nitrogens with one attached hydrogen (secondary N) is 1. The first-order chi connectivity index (χ1) is 11.2. The number of hydrogen-bond acceptors (Lipinski definition) is 5. The van der Waals surface area contributed by atoms with Crippen LogP contribution in [0.4, 0.5) is 0 Å². The number of hydrogen-bond donors (Lipinski definition) is 1. The zero-order chi connectivity index (χ0) is 16.1. The maximum Gasteiger partial charge on any atom is 0.261 e. The molecule has 0 aliphatic carbocycles. The third-order valence-electron chi connectivity index (χ3n) is 3.15. The number of fused-ring (bicyclic) bond motifs is 1. The van der Waals surface area contributed by atoms with Crippen LogP contribution >= 0.6 is 0 Å². The van der Waals surface area contributed by atoms with Gasteiger partial charge in [-0.2, -0.15) is 5.10 Å². The van der Waals surface area contributed by atoms with Crippen molar-refractivity contribution in [2.24, 2.45) is 5.10 Å². The van der Waals surface area contributed by atoms with Crippen molar-refractivity contribution in [2.75, 3.05) is 0 Å². The summed E-state index contributed by atoms with van der Waals surface area (Å²) in [7, 11) is 0. The molecule has 2 heterocycles. The molecule has 1 N–H and O–H groups in total. The quantitative estimate of drug-likeness (QED) is 0.574. The fraction of sp³-hybridized carbons (Fsp3) is 0.0625. The second-order valence-corrected chi connectivity index (χ2v) is 4.77. The third kappa shape index (κ3) is 3.46. The van der Waals surface area contributed by atoms with Gasteiger partial charge in [-0.1, -0.05) is 12.1 Å². The van der Waals surface area contributed by atoms with Crippen LogP contribution in [-0.2, 0) is 11.3 Å². The minimum atomic E-state index is -0.408. The first-order valence-electron chi connectivity index (χ1n) is 6.90. The lowest BCUT2D eigenvalue weighted by Gasteiger charge is -2.05. The summed E-state index contributed by atoms with van der Waals surface area (Å²) in [4.78, 5) is 32.2. The number of nitrogens with zero attached hydrogens (tertiary/aromatic N) is 4. The Morgan fingerprint density at radius 1 is 1.22 bits per heavy atom. The van der Waals surface area contributed by atoms with Gasteiger partial charge in [0.15, 0.2) is 0 Å². The summed E-state index contributed by atoms with van der Waals surface area (Å²) in [5.41, 5.74) is 3.53. The number of para-hydroxylation sites is 1. The number of rotatable bonds is 4. The maximum absolute atomic E-state index is 12.3. The largest absolute Gasteiger partial charge is 0.289 e. The minimum Gasteiger partial charge on any atom is -0.289 e. The fourth-order valence-corrected chi connectivity index (χ4v) is 2.04. The molecule has 2 aromatic heterocycles. The van der Waals surface area contributed by atoms with Crippen LogP contribution < -0.4 is 11.0 Å². The summed E-state index contributed by atoms with van der Waals surface area (Å²) in [5, 5.41) is 4.32. The van der Waals surface area contributed by atoms with Crippen LogP contribution in [0.25, 0.3) is 10.9 Å². The number of benzene rings is 1. The highest BCUT2D eigenvalue weighted by Gasteiger charge is 2.07. The number of hydrazone groups is 1. The van der Waals surface area contributed by atoms with Crippen molar-refractivity contribution in [3.63, 3.8) is 0 Å². The van der Waals surface area contributed by atoms with Crippen LogP contribution in [0.2, 0.25) is 0 Å². The average Bonchev–Trinajstić information content (AvgIpc) is 2.59. The molecule has 0 bridgehead atoms. The predicted octanol–water partition coefficient (Wildman–Crippen LogP) is 0.942. The number of pyridine rings is 1. The molecule has 0 saturated heterocycles. The lowest BCUT2D eigenvalue weighted by Crippen LogP contribution is -2.30. The summed E-state index contributed by atoms with van der Waals surface area (Å²) < 4.78 is 1.25. The van der Waals surface area contributed by atoms with Crippen molar-refractivity contribution >= 4 is 23.0 Å². The predicted molar refractivity (Wildman–Crippen MR) is 86.0 cm³/mol. The molecule has 0 spiro atoms. The number of carbonyl (C=O) groups excluding carboxylic acids is 1. The summed E-state index contributed by atoms with van der Waals surface area (Å²) in [6.45, 7) is -0.148. The molecule has 0 fully saturated rings. The Hall–Kier alpha value is -3.35. The maximum atomic E-state index is 12.3. The zero-order valence-corrected chi connectivity index (χ0v) is 12.1. The molecule has 0 atom stereocenters. The van der Waals surface area contributed by atoms with Gasteiger partial charge in [-0.25, -0.2) is 10.4 Å². The highest BCUT2D eigenvalue weighted by Crippen LogP contribution is 2.04. The molecular weight excluding hydrogens is 294 g/mol. The second kappa shape index (κ2) is 6.61. The van der Waals surface area contributed by atoms with E-state index in [1.54, 1.807) is 48.8 Å². The second-order valence-electron chi connectivity index (χ2n) is 4.77. The van der Waals surface area contributed by atoms with Crippen LogP contribution in [-0.4, -0.2) is 26.7 Å². The van der Waals surface area contributed by atoms with E-state index in [1.807, 2.05) is 0 Å². The monoisotopic (exact) mass is 307 g/mol. The standard InChI is InChI=1S/C16H13N5O2/c22-15(20-19-9-12-5-7-17-8-6-12)10-21-11-18-14-4-2-1-3-13(14)16(21)23/h1-9,11H,10H2,(H,20,22)/b19-9+. The molecule has 0 saturated carbocycles. The van der Waals surface area contributed by atoms with Crippen molar-refractivity contribution < 1.29 is 4.79 Å². The molecule has 0 radical (unpaired) electrons. The van der Waals surface area contributed by atoms with Gasteiger partial charge in [-0.05, 0) is 29.8 Å². The Morgan fingerprint density at radius 2 is 2.00 bits per heavy atom. The Morgan fingerprint density at radius 3 is 2.83 bits per heavy atom. The molecule has 0 aliphatic heterocycles. The van der Waals surface area contributed by atoms with E-state index in [0.29, 0.717) is 10.9 Å². The molecule has 3 rings (SSSR count). The van der Waals surface area contributed by atoms with E-state index in [2.05, 4.69) is 20.5 Å². The highest BCUT2D eigenvalue weighted by molar-refractivity contribution is 5.82. The average molecular weight is 307 g/mol. The molecule has 7 nitrogen and oxygen atoms in total. The lowest BCUT2D eigenvalue weighted by molar-refractivity contribution is -0.121. The van der Waals surface area contributed by atoms with Gasteiger partial charge in [0.25, 0.3) is 11.5 Å². The Bertz CT molecular complexity index is 918. The molecule has 0 unspecified atom stereocenters. The highest BCUT2D eigenvalue weighted by atomic mass is 16.2. The van der Waals surface area contributed by atoms with E-state index in [4.69, 9.17) is 0 Å². The van der Waals surface area contributed by atoms with Crippen molar-refractivity contribution in [3.05, 3.63) is 71.0 Å². The van der Waals surface area contributed by atoms with Gasteiger partial charge < -0.3 is 0 Å². The van der Waals surface area contributed by atoms with Gasteiger partial charge in [0, 0.05) is 12.4 Å². The Kier molecular flexibility index (Phi) is 4.19. The van der Waals surface area contributed by atoms with Gasteiger partial charge in [-0.3, -0.25) is 19.1 Å². The third-order valence-corrected chi connectivity index (χ3v) is 3.15. The van der Waals surface area contributed by atoms with Crippen LogP contribution in [0.15, 0.2) is 65.0 Å². The normalized spacial score (nSPS) is 11.0. The molecular formula is C16H13N5O2. The van der Waals surface area contributed by atoms with Gasteiger partial charge in [-0.15, -0.1) is 0 Å². The molecule has 1 amide bonds. The number of amides is 1. The van der Waals surface area contributed by atoms with Crippen LogP contribution in [0, 0.1) is 0 Å². The summed E-state index contributed by atoms with van der Waals surface area (Å²) in [6, 6.07) is 10.5. The molecule has 3 aromatic rings. The van der Waals surface area contributed by atoms with Crippen molar-refractivity contribution in [1.29, 1.82) is 0 Å². The van der Waals surface area contributed by atoms with E-state index in [0.717, 1.165) is 5.56 Å². The van der Waals surface area contributed by atoms with Gasteiger partial charge >= 0.3 is 0 Å². The summed E-state index contributed by atoms with van der Waals surface area (Å²) in [6.07, 6.45) is 6.12. The SMILES string of the molecule is O=C(Cn1cnc2ccccc2c1=O)N/N=C/c1ccncc1. The first kappa shape index (κ1) is 14.6. The van der Waals surface area contributed by atoms with E-state index < -0.39 is 5.91 Å². The Balaban J connectivity index is 1.70. The smallest absolute Gasteiger partial charge is 0.261 e. The summed E-state index contributed by atoms with van der Waals surface area (Å²) >= 11 is 0. The van der Waals surface area contributed by atoms with E-state index in [-0.39, 0.29) is 12.1 Å². The number of aromatic nitrogens is 3. The van der Waals surface area contributed by atoms with Crippen molar-refractivity contribution in [3.8, 4) is 0 Å². The van der Waals surface area contributed by atoms with Gasteiger partial charge in [0.05, 0.1) is 23.4 Å². The molecule has 114 valence electrons. The van der Waals surface area contributed by atoms with E-state index in [1.165, 1.54) is 17.1 Å². The molecule has 23 heavy (non-hydrogen) atoms. The Labute approximate surface area is 131 Å². The van der Waals surface area contributed by atoms with Crippen LogP contribution in [0.1, 0.15) is 5.56 Å². The minimum absolute atomic E-state index is 0.148. The summed E-state index contributed by atoms with van der Waals surface area (Å²) in [5.74, 6) is -0.408. The van der Waals surface area contributed by atoms with Gasteiger partial charge in [0.1, 0.15) is 6.54 Å². The lowest BCUT2D eigenvalue weighted by atomic mass is 10.2. The molecule has 7 heteroatoms. The van der Waals surface area contributed by atoms with Crippen molar-refractivity contribution in [2.45, 2.75) is 6.54 Å². The van der Waals surface area contributed by atoms with Crippen LogP contribution in [0.3, 0.4) is 0 Å². The molecule has 1 aromatic carbocycles. The zero-order valence-electron chi connectivity index (χ0n) is 12.1. The topological polar surface area (TPSA) is 89.2 Å². The fourth-order valence-electron chi connectivity index (χ4n) is 2.04. The first-order valence-corrected chi connectivity index (χ1v) is 6.90.